The van der Waals surface area contributed by atoms with Crippen molar-refractivity contribution >= 4 is 11.4 Å². The predicted molar refractivity (Wildman–Crippen MR) is 131 cm³/mol. The van der Waals surface area contributed by atoms with E-state index in [9.17, 15) is 23.4 Å². The Morgan fingerprint density at radius 2 is 1.54 bits per heavy atom. The number of fused-ring (bicyclic) bond motifs is 1. The van der Waals surface area contributed by atoms with Crippen molar-refractivity contribution in [1.82, 2.24) is 5.32 Å². The van der Waals surface area contributed by atoms with E-state index in [2.05, 4.69) is 10.6 Å². The molecule has 4 rings (SSSR count). The van der Waals surface area contributed by atoms with Crippen LogP contribution in [-0.4, -0.2) is 41.7 Å². The van der Waals surface area contributed by atoms with E-state index in [1.807, 2.05) is 72.5 Å². The molecule has 4 N–H and O–H groups in total. The molecular weight excluding hydrogens is 455 g/mol. The lowest BCUT2D eigenvalue weighted by Gasteiger charge is -2.40. The van der Waals surface area contributed by atoms with E-state index in [1.54, 1.807) is 6.07 Å². The topological polar surface area (TPSA) is 67.8 Å². The standard InChI is InChI=1S/C27H30F3N3O2/c1-3-33-23-16-19(24(27(28,29)30)31-17-18(2)34)14-15-22(23)32-25(33)26(35,20-10-6-4-7-11-20)21-12-8-5-9-13-21/h4-16,18,24-25,31-32,34-35H,3,17H2,1-2H3/t18-,24?,25?/m1/s1. The molecule has 186 valence electrons. The largest absolute Gasteiger partial charge is 0.407 e. The summed E-state index contributed by atoms with van der Waals surface area (Å²) in [5.41, 5.74) is 1.12. The first-order valence-electron chi connectivity index (χ1n) is 11.6. The number of nitrogens with zero attached hydrogens (tertiary/aromatic N) is 1. The summed E-state index contributed by atoms with van der Waals surface area (Å²) in [6.07, 6.45) is -6.11. The van der Waals surface area contributed by atoms with Gasteiger partial charge in [0.2, 0.25) is 0 Å². The first-order chi connectivity index (χ1) is 16.7. The van der Waals surface area contributed by atoms with Crippen LogP contribution in [0.1, 0.15) is 36.6 Å². The van der Waals surface area contributed by atoms with Crippen LogP contribution in [0.2, 0.25) is 0 Å². The van der Waals surface area contributed by atoms with Crippen molar-refractivity contribution in [2.75, 3.05) is 23.3 Å². The highest BCUT2D eigenvalue weighted by Crippen LogP contribution is 2.46. The second kappa shape index (κ2) is 9.89. The van der Waals surface area contributed by atoms with E-state index in [-0.39, 0.29) is 12.1 Å². The van der Waals surface area contributed by atoms with Gasteiger partial charge < -0.3 is 20.4 Å². The lowest BCUT2D eigenvalue weighted by molar-refractivity contribution is -0.158. The average molecular weight is 486 g/mol. The maximum Gasteiger partial charge on any atom is 0.407 e. The van der Waals surface area contributed by atoms with Crippen molar-refractivity contribution in [3.05, 3.63) is 95.6 Å². The molecule has 3 aromatic carbocycles. The van der Waals surface area contributed by atoms with Gasteiger partial charge in [-0.2, -0.15) is 13.2 Å². The fraction of sp³-hybridized carbons (Fsp3) is 0.333. The van der Waals surface area contributed by atoms with Gasteiger partial charge in [-0.3, -0.25) is 5.32 Å². The van der Waals surface area contributed by atoms with E-state index in [0.717, 1.165) is 0 Å². The second-order valence-electron chi connectivity index (χ2n) is 8.84. The van der Waals surface area contributed by atoms with Crippen LogP contribution in [0.15, 0.2) is 78.9 Å². The van der Waals surface area contributed by atoms with Crippen LogP contribution in [0, 0.1) is 0 Å². The van der Waals surface area contributed by atoms with Gasteiger partial charge in [0.15, 0.2) is 5.60 Å². The van der Waals surface area contributed by atoms with Gasteiger partial charge in [0, 0.05) is 13.1 Å². The Labute approximate surface area is 203 Å². The van der Waals surface area contributed by atoms with E-state index in [1.165, 1.54) is 19.1 Å². The highest BCUT2D eigenvalue weighted by molar-refractivity contribution is 5.78. The van der Waals surface area contributed by atoms with E-state index in [0.29, 0.717) is 29.0 Å². The lowest BCUT2D eigenvalue weighted by atomic mass is 9.83. The van der Waals surface area contributed by atoms with E-state index < -0.39 is 30.1 Å². The summed E-state index contributed by atoms with van der Waals surface area (Å²) in [6, 6.07) is 21.1. The molecule has 1 heterocycles. The van der Waals surface area contributed by atoms with Crippen molar-refractivity contribution in [3.8, 4) is 0 Å². The Morgan fingerprint density at radius 3 is 2.03 bits per heavy atom. The molecule has 8 heteroatoms. The van der Waals surface area contributed by atoms with Crippen LogP contribution in [0.25, 0.3) is 0 Å². The first-order valence-corrected chi connectivity index (χ1v) is 11.6. The third kappa shape index (κ3) is 4.87. The molecule has 5 nitrogen and oxygen atoms in total. The van der Waals surface area contributed by atoms with Gasteiger partial charge in [0.25, 0.3) is 0 Å². The van der Waals surface area contributed by atoms with Crippen molar-refractivity contribution in [1.29, 1.82) is 0 Å². The fourth-order valence-electron chi connectivity index (χ4n) is 4.71. The number of hydrogen-bond acceptors (Lipinski definition) is 5. The molecule has 0 aliphatic carbocycles. The number of benzene rings is 3. The van der Waals surface area contributed by atoms with E-state index in [4.69, 9.17) is 0 Å². The minimum Gasteiger partial charge on any atom is -0.392 e. The average Bonchev–Trinajstić information content (AvgIpc) is 3.22. The highest BCUT2D eigenvalue weighted by atomic mass is 19.4. The molecule has 3 aromatic rings. The monoisotopic (exact) mass is 485 g/mol. The van der Waals surface area contributed by atoms with Crippen LogP contribution in [0.3, 0.4) is 0 Å². The second-order valence-corrected chi connectivity index (χ2v) is 8.84. The Morgan fingerprint density at radius 1 is 0.971 bits per heavy atom. The molecule has 3 atom stereocenters. The zero-order chi connectivity index (χ0) is 25.2. The summed E-state index contributed by atoms with van der Waals surface area (Å²) >= 11 is 0. The molecule has 0 bridgehead atoms. The van der Waals surface area contributed by atoms with Crippen LogP contribution >= 0.6 is 0 Å². The summed E-state index contributed by atoms with van der Waals surface area (Å²) in [5.74, 6) is 0. The van der Waals surface area contributed by atoms with Crippen LogP contribution < -0.4 is 15.5 Å². The van der Waals surface area contributed by atoms with Crippen molar-refractivity contribution in [2.45, 2.75) is 43.9 Å². The summed E-state index contributed by atoms with van der Waals surface area (Å²) in [7, 11) is 0. The number of rotatable bonds is 8. The van der Waals surface area contributed by atoms with Crippen LogP contribution in [0.4, 0.5) is 24.5 Å². The molecule has 0 radical (unpaired) electrons. The quantitative estimate of drug-likeness (QED) is 0.370. The number of aliphatic hydroxyl groups is 2. The molecule has 0 saturated carbocycles. The Balaban J connectivity index is 1.77. The molecule has 0 amide bonds. The molecule has 1 aliphatic rings. The lowest BCUT2D eigenvalue weighted by Crippen LogP contribution is -2.53. The van der Waals surface area contributed by atoms with Crippen LogP contribution in [0.5, 0.6) is 0 Å². The highest BCUT2D eigenvalue weighted by Gasteiger charge is 2.48. The number of aliphatic hydroxyl groups excluding tert-OH is 1. The number of anilines is 2. The van der Waals surface area contributed by atoms with Gasteiger partial charge in [-0.15, -0.1) is 0 Å². The van der Waals surface area contributed by atoms with Gasteiger partial charge in [-0.1, -0.05) is 66.7 Å². The van der Waals surface area contributed by atoms with Gasteiger partial charge >= 0.3 is 6.18 Å². The van der Waals surface area contributed by atoms with Gasteiger partial charge in [0.05, 0.1) is 17.5 Å². The molecule has 0 spiro atoms. The maximum absolute atomic E-state index is 13.9. The minimum atomic E-state index is -4.54. The smallest absolute Gasteiger partial charge is 0.392 e. The zero-order valence-electron chi connectivity index (χ0n) is 19.6. The van der Waals surface area contributed by atoms with Gasteiger partial charge in [0.1, 0.15) is 12.2 Å². The molecule has 0 saturated heterocycles. The number of nitrogens with one attached hydrogen (secondary N) is 2. The maximum atomic E-state index is 13.9. The number of alkyl halides is 3. The van der Waals surface area contributed by atoms with E-state index >= 15 is 0 Å². The Hall–Kier alpha value is -3.07. The molecule has 0 fully saturated rings. The summed E-state index contributed by atoms with van der Waals surface area (Å²) in [5, 5.41) is 27.6. The summed E-state index contributed by atoms with van der Waals surface area (Å²) < 4.78 is 41.6. The SMILES string of the molecule is CCN1c2cc(C(NC[C@@H](C)O)C(F)(F)F)ccc2NC1C(O)(c1ccccc1)c1ccccc1. The fourth-order valence-corrected chi connectivity index (χ4v) is 4.71. The molecular formula is C27H30F3N3O2. The molecule has 1 aliphatic heterocycles. The van der Waals surface area contributed by atoms with Crippen molar-refractivity contribution in [2.24, 2.45) is 0 Å². The third-order valence-electron chi connectivity index (χ3n) is 6.38. The molecule has 0 aromatic heterocycles. The number of hydrogen-bond donors (Lipinski definition) is 4. The summed E-state index contributed by atoms with van der Waals surface area (Å²) in [6.45, 7) is 3.60. The van der Waals surface area contributed by atoms with Gasteiger partial charge in [-0.05, 0) is 42.7 Å². The Bertz CT molecular complexity index is 1080. The molecule has 35 heavy (non-hydrogen) atoms. The number of halogens is 3. The van der Waals surface area contributed by atoms with Crippen molar-refractivity contribution in [3.63, 3.8) is 0 Å². The Kier molecular flexibility index (Phi) is 7.07. The summed E-state index contributed by atoms with van der Waals surface area (Å²) in [4.78, 5) is 1.89. The third-order valence-corrected chi connectivity index (χ3v) is 6.38. The minimum absolute atomic E-state index is 0.0424. The number of likely N-dealkylation sites (N-methyl/N-ethyl adjacent to an activating group) is 1. The van der Waals surface area contributed by atoms with Crippen LogP contribution in [-0.2, 0) is 5.60 Å². The first kappa shape index (κ1) is 25.0. The normalized spacial score (nSPS) is 17.6. The van der Waals surface area contributed by atoms with Crippen molar-refractivity contribution < 1.29 is 23.4 Å². The zero-order valence-corrected chi connectivity index (χ0v) is 19.6. The molecule has 2 unspecified atom stereocenters. The van der Waals surface area contributed by atoms with Gasteiger partial charge in [-0.25, -0.2) is 0 Å². The predicted octanol–water partition coefficient (Wildman–Crippen LogP) is 4.77.